The van der Waals surface area contributed by atoms with Crippen LogP contribution in [0.1, 0.15) is 31.7 Å². The predicted molar refractivity (Wildman–Crippen MR) is 69.4 cm³/mol. The molecule has 1 heterocycles. The number of likely N-dealkylation sites (N-methyl/N-ethyl adjacent to an activating group) is 1. The van der Waals surface area contributed by atoms with Crippen molar-refractivity contribution in [2.75, 3.05) is 20.1 Å². The van der Waals surface area contributed by atoms with Crippen LogP contribution in [0.5, 0.6) is 0 Å². The number of hydrogen-bond acceptors (Lipinski definition) is 0. The van der Waals surface area contributed by atoms with Crippen molar-refractivity contribution >= 4 is 0 Å². The van der Waals surface area contributed by atoms with Crippen molar-refractivity contribution < 1.29 is 4.48 Å². The van der Waals surface area contributed by atoms with Crippen LogP contribution in [0.15, 0.2) is 30.3 Å². The van der Waals surface area contributed by atoms with E-state index in [0.717, 1.165) is 6.04 Å². The Morgan fingerprint density at radius 1 is 1.25 bits per heavy atom. The van der Waals surface area contributed by atoms with E-state index in [4.69, 9.17) is 0 Å². The zero-order valence-corrected chi connectivity index (χ0v) is 10.7. The van der Waals surface area contributed by atoms with Crippen LogP contribution >= 0.6 is 0 Å². The minimum absolute atomic E-state index is 0.906. The van der Waals surface area contributed by atoms with E-state index in [2.05, 4.69) is 44.3 Å². The fourth-order valence-corrected chi connectivity index (χ4v) is 3.15. The molecule has 0 aliphatic carbocycles. The Morgan fingerprint density at radius 3 is 2.69 bits per heavy atom. The normalized spacial score (nSPS) is 29.5. The van der Waals surface area contributed by atoms with Crippen molar-refractivity contribution in [1.29, 1.82) is 0 Å². The first-order chi connectivity index (χ1) is 7.74. The first-order valence-electron chi connectivity index (χ1n) is 6.63. The standard InChI is InChI=1S/C15H24N/c1-3-15-10-7-12-16(15,2)13-11-14-8-5-4-6-9-14/h4-6,8-9,15H,3,7,10-13H2,1-2H3/q+1/t15-,16?/m1/s1. The maximum Gasteiger partial charge on any atom is 0.0887 e. The van der Waals surface area contributed by atoms with E-state index in [9.17, 15) is 0 Å². The molecular weight excluding hydrogens is 194 g/mol. The molecule has 1 aromatic rings. The molecule has 16 heavy (non-hydrogen) atoms. The molecule has 2 rings (SSSR count). The van der Waals surface area contributed by atoms with Crippen LogP contribution in [0.3, 0.4) is 0 Å². The SMILES string of the molecule is CC[C@@H]1CCC[N+]1(C)CCc1ccccc1. The predicted octanol–water partition coefficient (Wildman–Crippen LogP) is 3.25. The van der Waals surface area contributed by atoms with E-state index in [0.29, 0.717) is 0 Å². The zero-order valence-electron chi connectivity index (χ0n) is 10.7. The van der Waals surface area contributed by atoms with Gasteiger partial charge in [0.05, 0.1) is 26.2 Å². The monoisotopic (exact) mass is 218 g/mol. The highest BCUT2D eigenvalue weighted by Gasteiger charge is 2.35. The molecule has 0 saturated carbocycles. The summed E-state index contributed by atoms with van der Waals surface area (Å²) in [7, 11) is 2.45. The topological polar surface area (TPSA) is 0 Å². The molecule has 1 saturated heterocycles. The van der Waals surface area contributed by atoms with Crippen molar-refractivity contribution in [3.63, 3.8) is 0 Å². The van der Waals surface area contributed by atoms with Crippen molar-refractivity contribution in [2.45, 2.75) is 38.6 Å². The van der Waals surface area contributed by atoms with Gasteiger partial charge in [-0.3, -0.25) is 0 Å². The van der Waals surface area contributed by atoms with Crippen LogP contribution in [0, 0.1) is 0 Å². The van der Waals surface area contributed by atoms with Crippen LogP contribution in [0.4, 0.5) is 0 Å². The third-order valence-corrected chi connectivity index (χ3v) is 4.31. The second kappa shape index (κ2) is 5.01. The van der Waals surface area contributed by atoms with Gasteiger partial charge in [0, 0.05) is 19.3 Å². The number of benzene rings is 1. The molecule has 0 aromatic heterocycles. The quantitative estimate of drug-likeness (QED) is 0.681. The van der Waals surface area contributed by atoms with E-state index in [1.807, 2.05) is 0 Å². The van der Waals surface area contributed by atoms with Gasteiger partial charge >= 0.3 is 0 Å². The molecule has 1 heteroatoms. The van der Waals surface area contributed by atoms with Crippen LogP contribution in [0.2, 0.25) is 0 Å². The van der Waals surface area contributed by atoms with Crippen LogP contribution < -0.4 is 0 Å². The summed E-state index contributed by atoms with van der Waals surface area (Å²) in [6.45, 7) is 5.03. The average molecular weight is 218 g/mol. The Hall–Kier alpha value is -0.820. The lowest BCUT2D eigenvalue weighted by Crippen LogP contribution is -2.48. The molecular formula is C15H24N+. The first-order valence-corrected chi connectivity index (χ1v) is 6.63. The summed E-state index contributed by atoms with van der Waals surface area (Å²) in [6.07, 6.45) is 5.42. The smallest absolute Gasteiger partial charge is 0.0887 e. The lowest BCUT2D eigenvalue weighted by molar-refractivity contribution is -0.921. The first kappa shape index (κ1) is 11.7. The second-order valence-corrected chi connectivity index (χ2v) is 5.37. The number of likely N-dealkylation sites (tertiary alicyclic amines) is 1. The summed E-state index contributed by atoms with van der Waals surface area (Å²) < 4.78 is 1.30. The molecule has 0 bridgehead atoms. The van der Waals surface area contributed by atoms with Gasteiger partial charge in [-0.05, 0) is 12.0 Å². The van der Waals surface area contributed by atoms with Gasteiger partial charge < -0.3 is 4.48 Å². The van der Waals surface area contributed by atoms with E-state index in [1.54, 1.807) is 0 Å². The van der Waals surface area contributed by atoms with Gasteiger partial charge in [-0.1, -0.05) is 37.3 Å². The molecule has 1 aliphatic rings. The number of nitrogens with zero attached hydrogens (tertiary/aromatic N) is 1. The van der Waals surface area contributed by atoms with Crippen LogP contribution in [-0.4, -0.2) is 30.7 Å². The summed E-state index contributed by atoms with van der Waals surface area (Å²) in [5.41, 5.74) is 1.49. The average Bonchev–Trinajstić information content (AvgIpc) is 2.70. The van der Waals surface area contributed by atoms with Crippen LogP contribution in [-0.2, 0) is 6.42 Å². The summed E-state index contributed by atoms with van der Waals surface area (Å²) in [6, 6.07) is 11.8. The molecule has 1 nitrogen and oxygen atoms in total. The molecule has 0 amide bonds. The van der Waals surface area contributed by atoms with Gasteiger partial charge in [-0.25, -0.2) is 0 Å². The summed E-state index contributed by atoms with van der Waals surface area (Å²) in [4.78, 5) is 0. The van der Waals surface area contributed by atoms with Gasteiger partial charge in [-0.15, -0.1) is 0 Å². The highest BCUT2D eigenvalue weighted by atomic mass is 15.4. The molecule has 0 radical (unpaired) electrons. The molecule has 1 unspecified atom stereocenters. The van der Waals surface area contributed by atoms with E-state index < -0.39 is 0 Å². The third kappa shape index (κ3) is 2.46. The largest absolute Gasteiger partial charge is 0.323 e. The number of rotatable bonds is 4. The lowest BCUT2D eigenvalue weighted by atomic mass is 10.1. The van der Waals surface area contributed by atoms with Gasteiger partial charge in [0.25, 0.3) is 0 Å². The minimum atomic E-state index is 0.906. The molecule has 1 aromatic carbocycles. The fraction of sp³-hybridized carbons (Fsp3) is 0.600. The van der Waals surface area contributed by atoms with E-state index >= 15 is 0 Å². The third-order valence-electron chi connectivity index (χ3n) is 4.31. The summed E-state index contributed by atoms with van der Waals surface area (Å²) in [5, 5.41) is 0. The zero-order chi connectivity index (χ0) is 11.4. The molecule has 1 fully saturated rings. The Balaban J connectivity index is 1.94. The molecule has 2 atom stereocenters. The van der Waals surface area contributed by atoms with Crippen molar-refractivity contribution in [2.24, 2.45) is 0 Å². The van der Waals surface area contributed by atoms with E-state index in [1.165, 1.54) is 48.8 Å². The molecule has 0 N–H and O–H groups in total. The lowest BCUT2D eigenvalue weighted by Gasteiger charge is -2.36. The van der Waals surface area contributed by atoms with Gasteiger partial charge in [-0.2, -0.15) is 0 Å². The maximum absolute atomic E-state index is 2.45. The van der Waals surface area contributed by atoms with Gasteiger partial charge in [0.2, 0.25) is 0 Å². The summed E-state index contributed by atoms with van der Waals surface area (Å²) >= 11 is 0. The maximum atomic E-state index is 2.45. The van der Waals surface area contributed by atoms with Crippen LogP contribution in [0.25, 0.3) is 0 Å². The Morgan fingerprint density at radius 2 is 2.00 bits per heavy atom. The highest BCUT2D eigenvalue weighted by Crippen LogP contribution is 2.27. The number of quaternary nitrogens is 1. The van der Waals surface area contributed by atoms with Crippen molar-refractivity contribution in [3.8, 4) is 0 Å². The Labute approximate surface area is 99.7 Å². The molecule has 88 valence electrons. The second-order valence-electron chi connectivity index (χ2n) is 5.37. The van der Waals surface area contributed by atoms with Gasteiger partial charge in [0.15, 0.2) is 0 Å². The van der Waals surface area contributed by atoms with Crippen molar-refractivity contribution in [1.82, 2.24) is 0 Å². The highest BCUT2D eigenvalue weighted by molar-refractivity contribution is 5.14. The Bertz CT molecular complexity index is 319. The van der Waals surface area contributed by atoms with E-state index in [-0.39, 0.29) is 0 Å². The van der Waals surface area contributed by atoms with Crippen molar-refractivity contribution in [3.05, 3.63) is 35.9 Å². The Kier molecular flexibility index (Phi) is 3.65. The molecule has 0 spiro atoms. The fourth-order valence-electron chi connectivity index (χ4n) is 3.15. The minimum Gasteiger partial charge on any atom is -0.323 e. The number of hydrogen-bond donors (Lipinski definition) is 0. The molecule has 1 aliphatic heterocycles. The summed E-state index contributed by atoms with van der Waals surface area (Å²) in [5.74, 6) is 0. The van der Waals surface area contributed by atoms with Gasteiger partial charge in [0.1, 0.15) is 0 Å².